The average Bonchev–Trinajstić information content (AvgIpc) is 1.39. The molecule has 21 rings (SSSR count). The number of rotatable bonds is 10. The molecule has 3 aliphatic rings. The van der Waals surface area contributed by atoms with Crippen LogP contribution in [0.25, 0.3) is 155 Å². The summed E-state index contributed by atoms with van der Waals surface area (Å²) in [7, 11) is -1.38. The number of fused-ring (bicyclic) bond motifs is 6. The van der Waals surface area contributed by atoms with Crippen molar-refractivity contribution < 1.29 is 27.9 Å². The Bertz CT molecular complexity index is 6570. The summed E-state index contributed by atoms with van der Waals surface area (Å²) in [5.41, 5.74) is 10.00. The minimum Gasteiger partial charge on any atom is -0.405 e. The van der Waals surface area contributed by atoms with Crippen molar-refractivity contribution in [3.63, 3.8) is 0 Å². The lowest BCUT2D eigenvalue weighted by Crippen LogP contribution is -2.41. The van der Waals surface area contributed by atoms with E-state index in [-0.39, 0.29) is 53.7 Å². The molecule has 127 heavy (non-hydrogen) atoms. The zero-order chi connectivity index (χ0) is 86.8. The highest BCUT2D eigenvalue weighted by Crippen LogP contribution is 2.48. The molecule has 0 aliphatic carbocycles. The third-order valence-corrected chi connectivity index (χ3v) is 25.4. The predicted molar refractivity (Wildman–Crippen MR) is 528 cm³/mol. The van der Waals surface area contributed by atoms with Crippen molar-refractivity contribution in [2.24, 2.45) is 0 Å². The summed E-state index contributed by atoms with van der Waals surface area (Å²) in [6.45, 7) is 24.6. The minimum atomic E-state index is -0.476. The average molecular weight is 1760 g/mol. The largest absolute Gasteiger partial charge is 0.496 e. The summed E-state index contributed by atoms with van der Waals surface area (Å²) < 4.78 is 37.9. The van der Waals surface area contributed by atoms with Crippen LogP contribution in [-0.4, -0.2) is 99.6 Å². The maximum atomic E-state index is 6.47. The lowest BCUT2D eigenvalue weighted by molar-refractivity contribution is 0.00578. The van der Waals surface area contributed by atoms with Crippen LogP contribution in [0.15, 0.2) is 345 Å². The van der Waals surface area contributed by atoms with Gasteiger partial charge in [-0.15, -0.1) is 0 Å². The Hall–Kier alpha value is -12.4. The normalized spacial score (nSPS) is 15.3. The van der Waals surface area contributed by atoms with Crippen molar-refractivity contribution in [2.75, 3.05) is 0 Å². The van der Waals surface area contributed by atoms with Crippen LogP contribution < -0.4 is 5.46 Å². The van der Waals surface area contributed by atoms with Gasteiger partial charge >= 0.3 is 21.1 Å². The van der Waals surface area contributed by atoms with Crippen LogP contribution in [-0.2, 0) is 27.9 Å². The zero-order valence-corrected chi connectivity index (χ0v) is 74.1. The van der Waals surface area contributed by atoms with Crippen molar-refractivity contribution in [3.8, 4) is 90.7 Å². The number of halogens is 2. The Balaban J connectivity index is 0.000000126. The molecule has 0 atom stereocenters. The molecule has 632 valence electrons. The first kappa shape index (κ1) is 89.4. The lowest BCUT2D eigenvalue weighted by Gasteiger charge is -2.32. The lowest BCUT2D eigenvalue weighted by atomic mass is 9.49. The smallest absolute Gasteiger partial charge is 0.405 e. The molecule has 8 heterocycles. The maximum absolute atomic E-state index is 6.47. The zero-order valence-electron chi connectivity index (χ0n) is 71.8. The van der Waals surface area contributed by atoms with Gasteiger partial charge in [-0.2, -0.15) is 9.97 Å². The van der Waals surface area contributed by atoms with E-state index < -0.39 is 21.1 Å². The molecule has 3 saturated heterocycles. The molecule has 5 aromatic heterocycles. The van der Waals surface area contributed by atoms with Gasteiger partial charge in [-0.05, 0) is 217 Å². The van der Waals surface area contributed by atoms with Crippen LogP contribution in [0, 0.1) is 0 Å². The first-order chi connectivity index (χ1) is 60.3. The van der Waals surface area contributed by atoms with Crippen LogP contribution in [0.3, 0.4) is 0 Å². The van der Waals surface area contributed by atoms with Gasteiger partial charge in [0.25, 0.3) is 0 Å². The molecule has 0 radical (unpaired) electrons. The molecule has 0 bridgehead atoms. The number of aromatic nitrogens is 9. The van der Waals surface area contributed by atoms with E-state index in [0.29, 0.717) is 29.1 Å². The molecular weight excluding hydrogens is 1660 g/mol. The van der Waals surface area contributed by atoms with Gasteiger partial charge in [-0.3, -0.25) is 15.0 Å². The second kappa shape index (κ2) is 37.3. The Morgan fingerprint density at radius 1 is 0.236 bits per heavy atom. The maximum Gasteiger partial charge on any atom is 0.496 e. The fourth-order valence-corrected chi connectivity index (χ4v) is 16.7. The van der Waals surface area contributed by atoms with Gasteiger partial charge in [-0.1, -0.05) is 300 Å². The molecule has 3 fully saturated rings. The molecule has 0 spiro atoms. The van der Waals surface area contributed by atoms with Crippen LogP contribution in [0.2, 0.25) is 5.28 Å². The third-order valence-electron chi connectivity index (χ3n) is 24.4. The Morgan fingerprint density at radius 2 is 0.449 bits per heavy atom. The van der Waals surface area contributed by atoms with Crippen molar-refractivity contribution in [2.45, 2.75) is 132 Å². The summed E-state index contributed by atoms with van der Waals surface area (Å²) in [5.74, 6) is 3.12. The summed E-state index contributed by atoms with van der Waals surface area (Å²) in [6, 6.07) is 109. The highest BCUT2D eigenvalue weighted by Gasteiger charge is 2.64. The van der Waals surface area contributed by atoms with Gasteiger partial charge in [0.1, 0.15) is 0 Å². The molecule has 0 unspecified atom stereocenters. The van der Waals surface area contributed by atoms with Crippen molar-refractivity contribution in [3.05, 3.63) is 350 Å². The molecule has 0 N–H and O–H groups in total. The number of hydrogen-bond donors (Lipinski definition) is 0. The van der Waals surface area contributed by atoms with Crippen LogP contribution >= 0.6 is 27.5 Å². The molecule has 15 nitrogen and oxygen atoms in total. The van der Waals surface area contributed by atoms with E-state index in [9.17, 15) is 0 Å². The van der Waals surface area contributed by atoms with E-state index in [0.717, 1.165) is 109 Å². The van der Waals surface area contributed by atoms with Gasteiger partial charge < -0.3 is 27.9 Å². The molecule has 13 aromatic carbocycles. The summed E-state index contributed by atoms with van der Waals surface area (Å²) >= 11 is 9.76. The Kier molecular flexibility index (Phi) is 26.2. The quantitative estimate of drug-likeness (QED) is 0.0935. The minimum absolute atomic E-state index is 0. The molecular formula is C107H100B3BrClN9O6. The summed E-state index contributed by atoms with van der Waals surface area (Å²) in [6.07, 6.45) is 5.54. The Labute approximate surface area is 758 Å². The predicted octanol–water partition coefficient (Wildman–Crippen LogP) is 26.8. The van der Waals surface area contributed by atoms with E-state index in [2.05, 4.69) is 232 Å². The summed E-state index contributed by atoms with van der Waals surface area (Å²) in [4.78, 5) is 41.8. The van der Waals surface area contributed by atoms with Gasteiger partial charge in [0.15, 0.2) is 29.1 Å². The fourth-order valence-electron chi connectivity index (χ4n) is 15.9. The number of pyridine rings is 3. The van der Waals surface area contributed by atoms with Gasteiger partial charge in [-0.25, -0.2) is 19.9 Å². The number of benzene rings is 13. The fraction of sp³-hybridized carbons (Fsp3) is 0.187. The standard InChI is InChI=1S/C34H22N4.C25H24BNO2.C19H12BrN.C15H10ClN3.C12H24B2O4.2CH4/c1-3-13-23(14-4-1)32-36-33(24-15-5-2-6-16-24)38-34(37-32)31-27-19-9-7-17-25(27)30(29-21-11-12-22-35-29)26-18-8-10-20-28(26)31;1-24(2)25(3,4)29-26(28-24)23-19-13-7-5-11-17(19)22(21-15-9-10-16-27-21)18-12-6-8-14-20(18)23;20-19-15-9-3-1-7-13(15)18(17-11-5-6-12-21-17)14-8-2-4-10-16(14)19;16-15-18-13(11-7-3-1-4-8-11)17-14(19-15)12-9-5-2-6-10-12;1-9(2)10(3,4)16-13(15-9)14-17-11(5,6)12(7,8)18-14;;/h1-22H;5-16H,1-4H3;1-12H;1-10H;1-8H3;2*1H4. The van der Waals surface area contributed by atoms with E-state index in [1.165, 1.54) is 27.1 Å². The first-order valence-corrected chi connectivity index (χ1v) is 43.2. The highest BCUT2D eigenvalue weighted by molar-refractivity contribution is 9.10. The van der Waals surface area contributed by atoms with Crippen LogP contribution in [0.4, 0.5) is 0 Å². The van der Waals surface area contributed by atoms with Crippen molar-refractivity contribution in [1.29, 1.82) is 0 Å². The van der Waals surface area contributed by atoms with E-state index in [1.54, 1.807) is 0 Å². The van der Waals surface area contributed by atoms with E-state index in [4.69, 9.17) is 59.5 Å². The Morgan fingerprint density at radius 3 is 0.724 bits per heavy atom. The molecule has 0 saturated carbocycles. The second-order valence-corrected chi connectivity index (χ2v) is 35.1. The van der Waals surface area contributed by atoms with E-state index in [1.807, 2.05) is 232 Å². The number of hydrogen-bond acceptors (Lipinski definition) is 15. The molecule has 20 heteroatoms. The van der Waals surface area contributed by atoms with Crippen LogP contribution in [0.5, 0.6) is 0 Å². The number of nitrogens with zero attached hydrogens (tertiary/aromatic N) is 9. The monoisotopic (exact) mass is 1750 g/mol. The van der Waals surface area contributed by atoms with E-state index >= 15 is 0 Å². The second-order valence-electron chi connectivity index (χ2n) is 34.0. The van der Waals surface area contributed by atoms with Crippen LogP contribution in [0.1, 0.15) is 97.9 Å². The van der Waals surface area contributed by atoms with Crippen molar-refractivity contribution >= 4 is 119 Å². The van der Waals surface area contributed by atoms with Crippen molar-refractivity contribution in [1.82, 2.24) is 44.9 Å². The SMILES string of the molecule is Brc1c2ccccc2c(-c2ccccn2)c2ccccc12.C.C.CC1(C)OB(B2OC(C)(C)C(C)(C)O2)OC1(C)C.CC1(C)OB(c2c3ccccc3c(-c3ccccn3)c3ccccc23)OC1(C)C.Clc1nc(-c2ccccc2)nc(-c2ccccc2)n1.c1ccc(-c2nc(-c3ccccc3)nc(-c3c4ccccc4c(-c4ccccn4)c4ccccc34)n2)cc1. The van der Waals surface area contributed by atoms with Gasteiger partial charge in [0.05, 0.1) is 50.7 Å². The highest BCUT2D eigenvalue weighted by atomic mass is 79.9. The molecule has 0 amide bonds. The first-order valence-electron chi connectivity index (χ1n) is 42.0. The van der Waals surface area contributed by atoms with Gasteiger partial charge in [0, 0.05) is 67.6 Å². The molecule has 3 aliphatic heterocycles. The molecule has 18 aromatic rings. The van der Waals surface area contributed by atoms with Gasteiger partial charge in [0.2, 0.25) is 5.28 Å². The third kappa shape index (κ3) is 18.2. The topological polar surface area (TPSA) is 171 Å². The summed E-state index contributed by atoms with van der Waals surface area (Å²) in [5, 5.41) is 14.1.